The molecule has 0 aromatic carbocycles. The summed E-state index contributed by atoms with van der Waals surface area (Å²) >= 11 is 0. The Bertz CT molecular complexity index is 143. The molecule has 0 fully saturated rings. The van der Waals surface area contributed by atoms with Gasteiger partial charge in [-0.1, -0.05) is 6.08 Å². The highest BCUT2D eigenvalue weighted by Gasteiger charge is 1.93. The van der Waals surface area contributed by atoms with Crippen molar-refractivity contribution >= 4 is 0 Å². The van der Waals surface area contributed by atoms with Gasteiger partial charge >= 0.3 is 0 Å². The fourth-order valence-corrected chi connectivity index (χ4v) is 0.369. The molecule has 0 aliphatic rings. The molecule has 0 aromatic rings. The van der Waals surface area contributed by atoms with Gasteiger partial charge in [-0.25, -0.2) is 0 Å². The first kappa shape index (κ1) is 8.90. The van der Waals surface area contributed by atoms with Crippen molar-refractivity contribution in [1.82, 2.24) is 0 Å². The van der Waals surface area contributed by atoms with Gasteiger partial charge in [0.15, 0.2) is 0 Å². The molecule has 0 heterocycles. The Balaban J connectivity index is 3.48. The Hall–Kier alpha value is -1.10. The van der Waals surface area contributed by atoms with Gasteiger partial charge in [-0.15, -0.1) is 10.1 Å². The number of aliphatic hydroxyl groups is 1. The molecule has 10 heavy (non-hydrogen) atoms. The summed E-state index contributed by atoms with van der Waals surface area (Å²) in [5.41, 5.74) is 0.638. The van der Waals surface area contributed by atoms with Crippen molar-refractivity contribution in [2.75, 3.05) is 13.2 Å². The number of hydrogen-bond donors (Lipinski definition) is 1. The normalized spacial score (nSPS) is 11.2. The molecule has 0 aliphatic carbocycles. The van der Waals surface area contributed by atoms with E-state index in [1.54, 1.807) is 6.92 Å². The predicted octanol–water partition coefficient (Wildman–Crippen LogP) is 0.133. The van der Waals surface area contributed by atoms with Crippen LogP contribution in [0.5, 0.6) is 0 Å². The quantitative estimate of drug-likeness (QED) is 0.348. The van der Waals surface area contributed by atoms with Crippen LogP contribution in [0.25, 0.3) is 0 Å². The zero-order valence-corrected chi connectivity index (χ0v) is 5.61. The van der Waals surface area contributed by atoms with Gasteiger partial charge < -0.3 is 9.94 Å². The number of rotatable bonds is 4. The second kappa shape index (κ2) is 4.75. The average Bonchev–Trinajstić information content (AvgIpc) is 1.85. The molecule has 0 bridgehead atoms. The van der Waals surface area contributed by atoms with E-state index in [1.807, 2.05) is 0 Å². The highest BCUT2D eigenvalue weighted by Crippen LogP contribution is 1.91. The zero-order chi connectivity index (χ0) is 7.98. The summed E-state index contributed by atoms with van der Waals surface area (Å²) in [4.78, 5) is 13.6. The Morgan fingerprint density at radius 2 is 2.50 bits per heavy atom. The minimum Gasteiger partial charge on any atom is -0.392 e. The van der Waals surface area contributed by atoms with Gasteiger partial charge in [0.25, 0.3) is 5.09 Å². The fourth-order valence-electron chi connectivity index (χ4n) is 0.369. The first-order valence-electron chi connectivity index (χ1n) is 2.70. The van der Waals surface area contributed by atoms with E-state index in [-0.39, 0.29) is 13.2 Å². The highest BCUT2D eigenvalue weighted by molar-refractivity contribution is 4.97. The minimum atomic E-state index is -0.866. The van der Waals surface area contributed by atoms with Crippen LogP contribution >= 0.6 is 0 Å². The molecular weight excluding hydrogens is 138 g/mol. The molecule has 0 unspecified atom stereocenters. The van der Waals surface area contributed by atoms with Crippen molar-refractivity contribution in [3.8, 4) is 0 Å². The van der Waals surface area contributed by atoms with E-state index in [2.05, 4.69) is 4.84 Å². The third-order valence-electron chi connectivity index (χ3n) is 0.837. The van der Waals surface area contributed by atoms with E-state index in [0.29, 0.717) is 5.57 Å². The van der Waals surface area contributed by atoms with Crippen LogP contribution in [-0.2, 0) is 4.84 Å². The van der Waals surface area contributed by atoms with Gasteiger partial charge in [-0.2, -0.15) is 0 Å². The van der Waals surface area contributed by atoms with E-state index in [0.717, 1.165) is 0 Å². The summed E-state index contributed by atoms with van der Waals surface area (Å²) < 4.78 is 0. The number of aliphatic hydroxyl groups excluding tert-OH is 1. The van der Waals surface area contributed by atoms with Crippen molar-refractivity contribution in [1.29, 1.82) is 0 Å². The summed E-state index contributed by atoms with van der Waals surface area (Å²) in [6, 6.07) is 0. The van der Waals surface area contributed by atoms with Gasteiger partial charge in [-0.3, -0.25) is 0 Å². The van der Waals surface area contributed by atoms with Gasteiger partial charge in [0.2, 0.25) is 0 Å². The lowest BCUT2D eigenvalue weighted by Gasteiger charge is -1.96. The maximum Gasteiger partial charge on any atom is 0.294 e. The summed E-state index contributed by atoms with van der Waals surface area (Å²) in [5, 5.41) is 17.0. The molecule has 5 nitrogen and oxygen atoms in total. The molecule has 0 atom stereocenters. The van der Waals surface area contributed by atoms with Crippen molar-refractivity contribution in [2.45, 2.75) is 6.92 Å². The van der Waals surface area contributed by atoms with Crippen LogP contribution < -0.4 is 0 Å². The van der Waals surface area contributed by atoms with Gasteiger partial charge in [0, 0.05) is 0 Å². The summed E-state index contributed by atoms with van der Waals surface area (Å²) in [6.45, 7) is 1.44. The number of nitrogens with zero attached hydrogens (tertiary/aromatic N) is 1. The lowest BCUT2D eigenvalue weighted by molar-refractivity contribution is -0.755. The third kappa shape index (κ3) is 5.04. The monoisotopic (exact) mass is 147 g/mol. The van der Waals surface area contributed by atoms with Gasteiger partial charge in [0.05, 0.1) is 6.61 Å². The topological polar surface area (TPSA) is 72.6 Å². The van der Waals surface area contributed by atoms with Crippen molar-refractivity contribution < 1.29 is 15.0 Å². The van der Waals surface area contributed by atoms with Crippen LogP contribution in [0.15, 0.2) is 11.6 Å². The van der Waals surface area contributed by atoms with Crippen LogP contribution in [0.1, 0.15) is 6.92 Å². The first-order valence-corrected chi connectivity index (χ1v) is 2.70. The Labute approximate surface area is 58.0 Å². The van der Waals surface area contributed by atoms with E-state index in [1.165, 1.54) is 6.08 Å². The summed E-state index contributed by atoms with van der Waals surface area (Å²) in [5.74, 6) is 0. The lowest BCUT2D eigenvalue weighted by atomic mass is 10.3. The molecule has 0 amide bonds. The van der Waals surface area contributed by atoms with E-state index in [9.17, 15) is 10.1 Å². The van der Waals surface area contributed by atoms with Gasteiger partial charge in [-0.05, 0) is 12.5 Å². The Kier molecular flexibility index (Phi) is 4.23. The lowest BCUT2D eigenvalue weighted by Crippen LogP contribution is -2.03. The van der Waals surface area contributed by atoms with Crippen LogP contribution in [0.2, 0.25) is 0 Å². The minimum absolute atomic E-state index is 0.0758. The summed E-state index contributed by atoms with van der Waals surface area (Å²) in [7, 11) is 0. The predicted molar refractivity (Wildman–Crippen MR) is 33.8 cm³/mol. The zero-order valence-electron chi connectivity index (χ0n) is 5.61. The molecular formula is C5H9NO4. The molecule has 0 saturated heterocycles. The SMILES string of the molecule is C/C(=C/CO)CO[N+](=O)[O-]. The molecule has 0 spiro atoms. The standard InChI is InChI=1S/C5H9NO4/c1-5(2-3-7)4-10-6(8)9/h2,7H,3-4H2,1H3/b5-2-. The Morgan fingerprint density at radius 1 is 1.90 bits per heavy atom. The molecule has 5 heteroatoms. The first-order chi connectivity index (χ1) is 4.66. The fraction of sp³-hybridized carbons (Fsp3) is 0.600. The molecule has 0 aromatic heterocycles. The van der Waals surface area contributed by atoms with Crippen molar-refractivity contribution in [3.63, 3.8) is 0 Å². The maximum atomic E-state index is 9.60. The van der Waals surface area contributed by atoms with Gasteiger partial charge in [0.1, 0.15) is 6.61 Å². The number of hydrogen-bond acceptors (Lipinski definition) is 4. The van der Waals surface area contributed by atoms with Crippen molar-refractivity contribution in [2.24, 2.45) is 0 Å². The van der Waals surface area contributed by atoms with E-state index < -0.39 is 5.09 Å². The Morgan fingerprint density at radius 3 is 2.90 bits per heavy atom. The summed E-state index contributed by atoms with van der Waals surface area (Å²) in [6.07, 6.45) is 1.45. The maximum absolute atomic E-state index is 9.60. The molecule has 0 saturated carbocycles. The van der Waals surface area contributed by atoms with Crippen molar-refractivity contribution in [3.05, 3.63) is 21.8 Å². The second-order valence-electron chi connectivity index (χ2n) is 1.73. The van der Waals surface area contributed by atoms with Crippen LogP contribution in [0.4, 0.5) is 0 Å². The largest absolute Gasteiger partial charge is 0.392 e. The van der Waals surface area contributed by atoms with Crippen LogP contribution in [0.3, 0.4) is 0 Å². The molecule has 1 N–H and O–H groups in total. The molecule has 58 valence electrons. The van der Waals surface area contributed by atoms with Crippen LogP contribution in [-0.4, -0.2) is 23.4 Å². The third-order valence-corrected chi connectivity index (χ3v) is 0.837. The molecule has 0 radical (unpaired) electrons. The average molecular weight is 147 g/mol. The van der Waals surface area contributed by atoms with E-state index in [4.69, 9.17) is 5.11 Å². The van der Waals surface area contributed by atoms with E-state index >= 15 is 0 Å². The molecule has 0 rings (SSSR count). The highest BCUT2D eigenvalue weighted by atomic mass is 16.9. The molecule has 0 aliphatic heterocycles. The second-order valence-corrected chi connectivity index (χ2v) is 1.73. The smallest absolute Gasteiger partial charge is 0.294 e. The van der Waals surface area contributed by atoms with Crippen LogP contribution in [0, 0.1) is 10.1 Å².